The van der Waals surface area contributed by atoms with E-state index in [0.29, 0.717) is 17.4 Å². The Bertz CT molecular complexity index is 217. The minimum atomic E-state index is -0.836. The van der Waals surface area contributed by atoms with Crippen LogP contribution in [-0.2, 0) is 15.6 Å². The monoisotopic (exact) mass is 250 g/mol. The highest BCUT2D eigenvalue weighted by molar-refractivity contribution is 8.14. The SMILES string of the molecule is CCC(C)SC(=O)CCS(=O)C(C)CC. The molecular formula is C11H22O2S2. The second-order valence-corrected chi connectivity index (χ2v) is 7.23. The van der Waals surface area contributed by atoms with Crippen molar-refractivity contribution in [3.05, 3.63) is 0 Å². The summed E-state index contributed by atoms with van der Waals surface area (Å²) in [5.41, 5.74) is 0. The van der Waals surface area contributed by atoms with Crippen molar-refractivity contribution in [1.82, 2.24) is 0 Å². The Kier molecular flexibility index (Phi) is 8.43. The van der Waals surface area contributed by atoms with Crippen molar-refractivity contribution in [2.45, 2.75) is 57.5 Å². The Morgan fingerprint density at radius 3 is 2.33 bits per heavy atom. The van der Waals surface area contributed by atoms with Gasteiger partial charge in [0.2, 0.25) is 0 Å². The summed E-state index contributed by atoms with van der Waals surface area (Å²) in [6, 6.07) is 0. The van der Waals surface area contributed by atoms with Crippen LogP contribution in [0.2, 0.25) is 0 Å². The molecule has 0 aromatic carbocycles. The first-order chi connectivity index (χ1) is 7.01. The smallest absolute Gasteiger partial charge is 0.190 e. The van der Waals surface area contributed by atoms with E-state index >= 15 is 0 Å². The Balaban J connectivity index is 3.76. The van der Waals surface area contributed by atoms with E-state index in [1.54, 1.807) is 0 Å². The number of rotatable bonds is 7. The van der Waals surface area contributed by atoms with Gasteiger partial charge in [-0.3, -0.25) is 9.00 Å². The van der Waals surface area contributed by atoms with E-state index in [-0.39, 0.29) is 10.4 Å². The van der Waals surface area contributed by atoms with Crippen LogP contribution in [0.25, 0.3) is 0 Å². The van der Waals surface area contributed by atoms with Gasteiger partial charge in [0.05, 0.1) is 0 Å². The van der Waals surface area contributed by atoms with Gasteiger partial charge >= 0.3 is 0 Å². The summed E-state index contributed by atoms with van der Waals surface area (Å²) in [6.45, 7) is 8.12. The lowest BCUT2D eigenvalue weighted by molar-refractivity contribution is -0.110. The average molecular weight is 250 g/mol. The second kappa shape index (κ2) is 8.34. The van der Waals surface area contributed by atoms with E-state index in [1.807, 2.05) is 20.8 Å². The number of thioether (sulfide) groups is 1. The molecule has 0 aliphatic rings. The highest BCUT2D eigenvalue weighted by Gasteiger charge is 2.13. The molecule has 2 nitrogen and oxygen atoms in total. The molecule has 3 atom stereocenters. The molecule has 0 N–H and O–H groups in total. The first kappa shape index (κ1) is 15.2. The third-order valence-corrected chi connectivity index (χ3v) is 5.48. The lowest BCUT2D eigenvalue weighted by Gasteiger charge is -2.09. The van der Waals surface area contributed by atoms with Crippen LogP contribution < -0.4 is 0 Å². The third kappa shape index (κ3) is 7.12. The molecule has 3 unspecified atom stereocenters. The summed E-state index contributed by atoms with van der Waals surface area (Å²) in [5, 5.41) is 0.780. The molecule has 90 valence electrons. The molecule has 0 rings (SSSR count). The number of carbonyl (C=O) groups is 1. The van der Waals surface area contributed by atoms with Crippen molar-refractivity contribution in [1.29, 1.82) is 0 Å². The van der Waals surface area contributed by atoms with Gasteiger partial charge in [-0.05, 0) is 12.8 Å². The van der Waals surface area contributed by atoms with Crippen molar-refractivity contribution < 1.29 is 9.00 Å². The fourth-order valence-corrected chi connectivity index (χ4v) is 3.06. The molecule has 0 aromatic rings. The van der Waals surface area contributed by atoms with Gasteiger partial charge in [0.15, 0.2) is 5.12 Å². The summed E-state index contributed by atoms with van der Waals surface area (Å²) in [6.07, 6.45) is 2.37. The Morgan fingerprint density at radius 1 is 1.27 bits per heavy atom. The topological polar surface area (TPSA) is 34.1 Å². The standard InChI is InChI=1S/C11H22O2S2/c1-5-9(3)14-11(12)7-8-15(13)10(4)6-2/h9-10H,5-8H2,1-4H3. The van der Waals surface area contributed by atoms with Gasteiger partial charge in [-0.25, -0.2) is 0 Å². The lowest BCUT2D eigenvalue weighted by Crippen LogP contribution is -2.15. The predicted molar refractivity (Wildman–Crippen MR) is 69.7 cm³/mol. The number of hydrogen-bond acceptors (Lipinski definition) is 3. The highest BCUT2D eigenvalue weighted by Crippen LogP contribution is 2.16. The zero-order valence-corrected chi connectivity index (χ0v) is 11.7. The van der Waals surface area contributed by atoms with Crippen LogP contribution in [0, 0.1) is 0 Å². The highest BCUT2D eigenvalue weighted by atomic mass is 32.2. The van der Waals surface area contributed by atoms with E-state index in [4.69, 9.17) is 0 Å². The van der Waals surface area contributed by atoms with Crippen LogP contribution in [0.15, 0.2) is 0 Å². The summed E-state index contributed by atoms with van der Waals surface area (Å²) in [5.74, 6) is 0.525. The van der Waals surface area contributed by atoms with Gasteiger partial charge in [0, 0.05) is 33.5 Å². The Labute approximate surface area is 100 Å². The average Bonchev–Trinajstić information content (AvgIpc) is 2.24. The Morgan fingerprint density at radius 2 is 1.87 bits per heavy atom. The van der Waals surface area contributed by atoms with E-state index < -0.39 is 10.8 Å². The molecule has 0 fully saturated rings. The quantitative estimate of drug-likeness (QED) is 0.696. The third-order valence-electron chi connectivity index (χ3n) is 2.44. The predicted octanol–water partition coefficient (Wildman–Crippen LogP) is 2.98. The molecule has 0 heterocycles. The summed E-state index contributed by atoms with van der Waals surface area (Å²) in [7, 11) is -0.836. The molecule has 0 radical (unpaired) electrons. The molecule has 0 aromatic heterocycles. The zero-order valence-electron chi connectivity index (χ0n) is 10.1. The maximum Gasteiger partial charge on any atom is 0.190 e. The van der Waals surface area contributed by atoms with Crippen molar-refractivity contribution in [2.75, 3.05) is 5.75 Å². The molecule has 0 bridgehead atoms. The fraction of sp³-hybridized carbons (Fsp3) is 0.909. The van der Waals surface area contributed by atoms with E-state index in [0.717, 1.165) is 12.8 Å². The molecule has 0 saturated heterocycles. The molecule has 0 aliphatic heterocycles. The van der Waals surface area contributed by atoms with E-state index in [9.17, 15) is 9.00 Å². The molecule has 0 amide bonds. The van der Waals surface area contributed by atoms with E-state index in [2.05, 4.69) is 6.92 Å². The maximum atomic E-state index is 11.6. The van der Waals surface area contributed by atoms with Gasteiger partial charge in [-0.1, -0.05) is 39.5 Å². The molecule has 15 heavy (non-hydrogen) atoms. The first-order valence-electron chi connectivity index (χ1n) is 5.57. The van der Waals surface area contributed by atoms with Gasteiger partial charge in [-0.2, -0.15) is 0 Å². The summed E-state index contributed by atoms with van der Waals surface area (Å²) >= 11 is 1.39. The van der Waals surface area contributed by atoms with Crippen LogP contribution in [0.4, 0.5) is 0 Å². The normalized spacial score (nSPS) is 17.1. The number of hydrogen-bond donors (Lipinski definition) is 0. The minimum Gasteiger partial charge on any atom is -0.287 e. The lowest BCUT2D eigenvalue weighted by atomic mass is 10.4. The number of carbonyl (C=O) groups excluding carboxylic acids is 1. The first-order valence-corrected chi connectivity index (χ1v) is 7.84. The molecule has 0 spiro atoms. The molecule has 0 saturated carbocycles. The maximum absolute atomic E-state index is 11.6. The second-order valence-electron chi connectivity index (χ2n) is 3.76. The van der Waals surface area contributed by atoms with Crippen LogP contribution in [0.3, 0.4) is 0 Å². The van der Waals surface area contributed by atoms with Gasteiger partial charge in [-0.15, -0.1) is 0 Å². The summed E-state index contributed by atoms with van der Waals surface area (Å²) < 4.78 is 11.6. The van der Waals surface area contributed by atoms with Crippen molar-refractivity contribution >= 4 is 27.7 Å². The van der Waals surface area contributed by atoms with Crippen LogP contribution >= 0.6 is 11.8 Å². The van der Waals surface area contributed by atoms with Crippen molar-refractivity contribution in [3.8, 4) is 0 Å². The van der Waals surface area contributed by atoms with Crippen molar-refractivity contribution in [3.63, 3.8) is 0 Å². The van der Waals surface area contributed by atoms with Gasteiger partial charge in [0.1, 0.15) is 0 Å². The molecule has 0 aliphatic carbocycles. The molecule has 4 heteroatoms. The largest absolute Gasteiger partial charge is 0.287 e. The van der Waals surface area contributed by atoms with Crippen LogP contribution in [0.5, 0.6) is 0 Å². The summed E-state index contributed by atoms with van der Waals surface area (Å²) in [4.78, 5) is 11.5. The molecular weight excluding hydrogens is 228 g/mol. The van der Waals surface area contributed by atoms with Gasteiger partial charge < -0.3 is 0 Å². The fourth-order valence-electron chi connectivity index (χ4n) is 0.938. The van der Waals surface area contributed by atoms with E-state index in [1.165, 1.54) is 11.8 Å². The zero-order chi connectivity index (χ0) is 11.8. The van der Waals surface area contributed by atoms with Crippen LogP contribution in [-0.4, -0.2) is 25.6 Å². The minimum absolute atomic E-state index is 0.181. The van der Waals surface area contributed by atoms with Crippen molar-refractivity contribution in [2.24, 2.45) is 0 Å². The Hall–Kier alpha value is 0.170. The van der Waals surface area contributed by atoms with Gasteiger partial charge in [0.25, 0.3) is 0 Å². The van der Waals surface area contributed by atoms with Crippen LogP contribution in [0.1, 0.15) is 47.0 Å².